The third-order valence-corrected chi connectivity index (χ3v) is 4.27. The van der Waals surface area contributed by atoms with Crippen LogP contribution in [0.1, 0.15) is 65.7 Å². The number of alkyl halides is 1. The molecule has 0 aromatic carbocycles. The lowest BCUT2D eigenvalue weighted by Gasteiger charge is -2.14. The highest BCUT2D eigenvalue weighted by atomic mass is 79.9. The van der Waals surface area contributed by atoms with Gasteiger partial charge in [-0.3, -0.25) is 4.79 Å². The number of carbonyl (C=O) groups excluding carboxylic acids is 1. The zero-order valence-corrected chi connectivity index (χ0v) is 15.1. The molecule has 0 N–H and O–H groups in total. The molecule has 0 spiro atoms. The molecule has 0 rings (SSSR count). The fraction of sp³-hybridized carbons (Fsp3) is 0.933. The minimum absolute atomic E-state index is 0.168. The minimum Gasteiger partial charge on any atom is -0.465 e. The van der Waals surface area contributed by atoms with Crippen molar-refractivity contribution >= 4 is 33.7 Å². The highest BCUT2D eigenvalue weighted by molar-refractivity contribution is 9.10. The van der Waals surface area contributed by atoms with E-state index in [4.69, 9.17) is 4.74 Å². The highest BCUT2D eigenvalue weighted by Crippen LogP contribution is 2.17. The second-order valence-corrected chi connectivity index (χ2v) is 8.55. The average molecular weight is 353 g/mol. The van der Waals surface area contributed by atoms with E-state index in [0.29, 0.717) is 6.61 Å². The predicted molar refractivity (Wildman–Crippen MR) is 89.3 cm³/mol. The summed E-state index contributed by atoms with van der Waals surface area (Å²) >= 11 is 5.37. The monoisotopic (exact) mass is 352 g/mol. The molecule has 0 saturated carbocycles. The van der Waals surface area contributed by atoms with Crippen LogP contribution in [0.2, 0.25) is 0 Å². The van der Waals surface area contributed by atoms with Crippen LogP contribution in [0, 0.1) is 0 Å². The standard InChI is InChI=1S/C15H29BrO2S/c1-4-5-9-12-19-13-10-7-6-8-11-18-14(17)15(2,3)16/h4-13H2,1-3H3. The van der Waals surface area contributed by atoms with Crippen LogP contribution in [0.5, 0.6) is 0 Å². The Bertz CT molecular complexity index is 227. The highest BCUT2D eigenvalue weighted by Gasteiger charge is 2.24. The molecular formula is C15H29BrO2S. The van der Waals surface area contributed by atoms with Gasteiger partial charge in [0.1, 0.15) is 4.32 Å². The van der Waals surface area contributed by atoms with E-state index in [-0.39, 0.29) is 5.97 Å². The van der Waals surface area contributed by atoms with E-state index in [1.165, 1.54) is 43.6 Å². The van der Waals surface area contributed by atoms with Crippen LogP contribution in [0.4, 0.5) is 0 Å². The summed E-state index contributed by atoms with van der Waals surface area (Å²) in [7, 11) is 0. The Morgan fingerprint density at radius 1 is 1.05 bits per heavy atom. The van der Waals surface area contributed by atoms with Crippen LogP contribution >= 0.6 is 27.7 Å². The molecule has 0 fully saturated rings. The summed E-state index contributed by atoms with van der Waals surface area (Å²) in [5.41, 5.74) is 0. The van der Waals surface area contributed by atoms with E-state index in [0.717, 1.165) is 12.8 Å². The fourth-order valence-electron chi connectivity index (χ4n) is 1.55. The number of esters is 1. The first-order valence-electron chi connectivity index (χ1n) is 7.42. The smallest absolute Gasteiger partial charge is 0.322 e. The maximum atomic E-state index is 11.5. The lowest BCUT2D eigenvalue weighted by molar-refractivity contribution is -0.145. The van der Waals surface area contributed by atoms with E-state index < -0.39 is 4.32 Å². The Morgan fingerprint density at radius 2 is 1.63 bits per heavy atom. The van der Waals surface area contributed by atoms with Gasteiger partial charge in [0.15, 0.2) is 0 Å². The van der Waals surface area contributed by atoms with Crippen molar-refractivity contribution in [3.8, 4) is 0 Å². The van der Waals surface area contributed by atoms with Crippen LogP contribution in [-0.4, -0.2) is 28.4 Å². The van der Waals surface area contributed by atoms with Gasteiger partial charge >= 0.3 is 5.97 Å². The maximum Gasteiger partial charge on any atom is 0.322 e. The third-order valence-electron chi connectivity index (χ3n) is 2.79. The molecule has 0 amide bonds. The van der Waals surface area contributed by atoms with Crippen molar-refractivity contribution < 1.29 is 9.53 Å². The van der Waals surface area contributed by atoms with Crippen molar-refractivity contribution in [3.05, 3.63) is 0 Å². The van der Waals surface area contributed by atoms with Gasteiger partial charge in [-0.1, -0.05) is 48.5 Å². The lowest BCUT2D eigenvalue weighted by atomic mass is 10.2. The molecule has 114 valence electrons. The Hall–Kier alpha value is 0.300. The van der Waals surface area contributed by atoms with Gasteiger partial charge in [-0.05, 0) is 44.6 Å². The van der Waals surface area contributed by atoms with Gasteiger partial charge in [0.05, 0.1) is 6.61 Å². The van der Waals surface area contributed by atoms with Gasteiger partial charge in [0.25, 0.3) is 0 Å². The largest absolute Gasteiger partial charge is 0.465 e. The number of hydrogen-bond acceptors (Lipinski definition) is 3. The average Bonchev–Trinajstić information content (AvgIpc) is 2.34. The molecule has 0 aromatic heterocycles. The summed E-state index contributed by atoms with van der Waals surface area (Å²) in [6, 6.07) is 0. The van der Waals surface area contributed by atoms with E-state index in [2.05, 4.69) is 34.6 Å². The molecule has 0 heterocycles. The summed E-state index contributed by atoms with van der Waals surface area (Å²) in [6.45, 7) is 6.42. The molecule has 4 heteroatoms. The number of halogens is 1. The van der Waals surface area contributed by atoms with Crippen LogP contribution in [0.3, 0.4) is 0 Å². The van der Waals surface area contributed by atoms with E-state index >= 15 is 0 Å². The fourth-order valence-corrected chi connectivity index (χ4v) is 2.69. The quantitative estimate of drug-likeness (QED) is 0.274. The SMILES string of the molecule is CCCCCSCCCCCCOC(=O)C(C)(C)Br. The molecule has 0 aromatic rings. The maximum absolute atomic E-state index is 11.5. The van der Waals surface area contributed by atoms with Crippen LogP contribution < -0.4 is 0 Å². The van der Waals surface area contributed by atoms with E-state index in [1.807, 2.05) is 13.8 Å². The summed E-state index contributed by atoms with van der Waals surface area (Å²) in [4.78, 5) is 11.5. The van der Waals surface area contributed by atoms with Crippen molar-refractivity contribution in [1.82, 2.24) is 0 Å². The molecule has 0 saturated heterocycles. The first-order valence-corrected chi connectivity index (χ1v) is 9.37. The van der Waals surface area contributed by atoms with Gasteiger partial charge < -0.3 is 4.74 Å². The van der Waals surface area contributed by atoms with E-state index in [9.17, 15) is 4.79 Å². The lowest BCUT2D eigenvalue weighted by Crippen LogP contribution is -2.26. The molecule has 0 bridgehead atoms. The Morgan fingerprint density at radius 3 is 2.21 bits per heavy atom. The van der Waals surface area contributed by atoms with Crippen molar-refractivity contribution in [2.24, 2.45) is 0 Å². The van der Waals surface area contributed by atoms with Gasteiger partial charge in [-0.15, -0.1) is 0 Å². The van der Waals surface area contributed by atoms with Crippen molar-refractivity contribution in [1.29, 1.82) is 0 Å². The van der Waals surface area contributed by atoms with Gasteiger partial charge in [-0.25, -0.2) is 0 Å². The molecule has 0 aliphatic rings. The molecule has 0 unspecified atom stereocenters. The molecule has 19 heavy (non-hydrogen) atoms. The van der Waals surface area contributed by atoms with Crippen molar-refractivity contribution in [2.45, 2.75) is 70.0 Å². The molecule has 0 aliphatic heterocycles. The second-order valence-electron chi connectivity index (χ2n) is 5.34. The molecule has 0 radical (unpaired) electrons. The number of unbranched alkanes of at least 4 members (excludes halogenated alkanes) is 5. The number of carbonyl (C=O) groups is 1. The van der Waals surface area contributed by atoms with Crippen molar-refractivity contribution in [2.75, 3.05) is 18.1 Å². The third kappa shape index (κ3) is 13.1. The van der Waals surface area contributed by atoms with Crippen LogP contribution in [-0.2, 0) is 9.53 Å². The predicted octanol–water partition coefficient (Wildman–Crippen LogP) is 5.19. The number of thioether (sulfide) groups is 1. The summed E-state index contributed by atoms with van der Waals surface area (Å²) in [5, 5.41) is 0. The molecule has 0 atom stereocenters. The normalized spacial score (nSPS) is 11.6. The first kappa shape index (κ1) is 19.3. The van der Waals surface area contributed by atoms with Crippen molar-refractivity contribution in [3.63, 3.8) is 0 Å². The molecule has 2 nitrogen and oxygen atoms in total. The number of rotatable bonds is 12. The first-order chi connectivity index (χ1) is 8.98. The summed E-state index contributed by atoms with van der Waals surface area (Å²) in [5.74, 6) is 2.42. The van der Waals surface area contributed by atoms with Gasteiger partial charge in [0.2, 0.25) is 0 Å². The summed E-state index contributed by atoms with van der Waals surface area (Å²) in [6.07, 6.45) is 8.71. The number of ether oxygens (including phenoxy) is 1. The Labute approximate surface area is 131 Å². The number of hydrogen-bond donors (Lipinski definition) is 0. The second kappa shape index (κ2) is 12.1. The van der Waals surface area contributed by atoms with Crippen LogP contribution in [0.15, 0.2) is 0 Å². The minimum atomic E-state index is -0.553. The topological polar surface area (TPSA) is 26.3 Å². The van der Waals surface area contributed by atoms with Gasteiger partial charge in [0, 0.05) is 0 Å². The molecular weight excluding hydrogens is 324 g/mol. The van der Waals surface area contributed by atoms with Crippen LogP contribution in [0.25, 0.3) is 0 Å². The van der Waals surface area contributed by atoms with Gasteiger partial charge in [-0.2, -0.15) is 11.8 Å². The summed E-state index contributed by atoms with van der Waals surface area (Å²) < 4.78 is 4.63. The zero-order valence-electron chi connectivity index (χ0n) is 12.7. The Balaban J connectivity index is 3.17. The Kier molecular flexibility index (Phi) is 12.3. The molecule has 0 aliphatic carbocycles. The van der Waals surface area contributed by atoms with E-state index in [1.54, 1.807) is 0 Å². The zero-order chi connectivity index (χ0) is 14.6.